The second kappa shape index (κ2) is 9.73. The lowest BCUT2D eigenvalue weighted by Gasteiger charge is -2.36. The van der Waals surface area contributed by atoms with Crippen LogP contribution in [0, 0.1) is 0 Å². The minimum absolute atomic E-state index is 0.0724. The van der Waals surface area contributed by atoms with Crippen molar-refractivity contribution in [3.05, 3.63) is 77.8 Å². The van der Waals surface area contributed by atoms with Gasteiger partial charge < -0.3 is 4.90 Å². The van der Waals surface area contributed by atoms with Crippen LogP contribution in [0.25, 0.3) is 11.1 Å². The van der Waals surface area contributed by atoms with Crippen LogP contribution in [0.3, 0.4) is 0 Å². The van der Waals surface area contributed by atoms with Crippen molar-refractivity contribution in [1.82, 2.24) is 4.31 Å². The number of amides is 1. The van der Waals surface area contributed by atoms with Gasteiger partial charge in [0.2, 0.25) is 15.9 Å². The number of sulfonamides is 1. The lowest BCUT2D eigenvalue weighted by Crippen LogP contribution is -2.53. The van der Waals surface area contributed by atoms with Gasteiger partial charge in [-0.3, -0.25) is 4.79 Å². The first-order valence-electron chi connectivity index (χ1n) is 10.9. The number of nitrogens with zero attached hydrogens (tertiary/aromatic N) is 2. The maximum Gasteiger partial charge on any atom is 0.245 e. The van der Waals surface area contributed by atoms with E-state index >= 15 is 0 Å². The Balaban J connectivity index is 1.59. The van der Waals surface area contributed by atoms with Gasteiger partial charge in [-0.2, -0.15) is 4.31 Å². The van der Waals surface area contributed by atoms with E-state index in [-0.39, 0.29) is 15.7 Å². The van der Waals surface area contributed by atoms with Gasteiger partial charge in [-0.05, 0) is 60.9 Å². The van der Waals surface area contributed by atoms with E-state index in [1.165, 1.54) is 37.6 Å². The highest BCUT2D eigenvalue weighted by Gasteiger charge is 2.38. The lowest BCUT2D eigenvalue weighted by molar-refractivity contribution is -0.123. The Morgan fingerprint density at radius 1 is 0.914 bits per heavy atom. The SMILES string of the molecule is CN(C1CCCN(c2ccc(-c3ccccc3S(C)(=O)=O)cc2)C1=O)S(=O)(=O)c1ccc(Cl)cc1. The number of rotatable bonds is 6. The number of benzene rings is 3. The summed E-state index contributed by atoms with van der Waals surface area (Å²) in [4.78, 5) is 15.2. The summed E-state index contributed by atoms with van der Waals surface area (Å²) in [6.45, 7) is 0.462. The molecular formula is C25H25ClN2O5S2. The largest absolute Gasteiger partial charge is 0.311 e. The normalized spacial score (nSPS) is 17.1. The second-order valence-electron chi connectivity index (χ2n) is 8.44. The van der Waals surface area contributed by atoms with E-state index in [4.69, 9.17) is 11.6 Å². The molecule has 0 radical (unpaired) electrons. The number of anilines is 1. The zero-order valence-electron chi connectivity index (χ0n) is 19.3. The van der Waals surface area contributed by atoms with Crippen molar-refractivity contribution >= 4 is 43.1 Å². The Morgan fingerprint density at radius 2 is 1.54 bits per heavy atom. The molecule has 184 valence electrons. The molecule has 3 aromatic carbocycles. The standard InChI is InChI=1S/C25H25ClN2O5S2/c1-27(35(32,33)21-15-11-19(26)12-16-21)23-7-5-17-28(25(23)29)20-13-9-18(10-14-20)22-6-3-4-8-24(22)34(2,30)31/h3-4,6,8-16,23H,5,7,17H2,1-2H3. The van der Waals surface area contributed by atoms with E-state index in [1.54, 1.807) is 53.4 Å². The van der Waals surface area contributed by atoms with Crippen molar-refractivity contribution in [3.8, 4) is 11.1 Å². The molecule has 0 spiro atoms. The molecule has 3 aromatic rings. The average molecular weight is 533 g/mol. The van der Waals surface area contributed by atoms with E-state index < -0.39 is 25.9 Å². The van der Waals surface area contributed by atoms with Crippen molar-refractivity contribution in [1.29, 1.82) is 0 Å². The molecule has 1 aliphatic heterocycles. The van der Waals surface area contributed by atoms with Crippen molar-refractivity contribution in [2.45, 2.75) is 28.7 Å². The van der Waals surface area contributed by atoms with Crippen LogP contribution in [0.2, 0.25) is 5.02 Å². The second-order valence-corrected chi connectivity index (χ2v) is 12.9. The van der Waals surface area contributed by atoms with Crippen LogP contribution in [0.4, 0.5) is 5.69 Å². The molecule has 0 saturated carbocycles. The fraction of sp³-hybridized carbons (Fsp3) is 0.240. The Hall–Kier alpha value is -2.72. The molecule has 1 fully saturated rings. The number of piperidine rings is 1. The van der Waals surface area contributed by atoms with Gasteiger partial charge in [0.1, 0.15) is 6.04 Å². The average Bonchev–Trinajstić information content (AvgIpc) is 2.84. The third kappa shape index (κ3) is 5.13. The monoisotopic (exact) mass is 532 g/mol. The van der Waals surface area contributed by atoms with Crippen LogP contribution in [-0.4, -0.2) is 52.9 Å². The molecule has 7 nitrogen and oxygen atoms in total. The van der Waals surface area contributed by atoms with Crippen molar-refractivity contribution in [2.24, 2.45) is 0 Å². The Morgan fingerprint density at radius 3 is 2.17 bits per heavy atom. The van der Waals surface area contributed by atoms with Crippen LogP contribution in [0.15, 0.2) is 82.6 Å². The fourth-order valence-electron chi connectivity index (χ4n) is 4.24. The molecule has 0 N–H and O–H groups in total. The van der Waals surface area contributed by atoms with E-state index in [0.717, 1.165) is 4.31 Å². The number of likely N-dealkylation sites (N-methyl/N-ethyl adjacent to an activating group) is 1. The van der Waals surface area contributed by atoms with Gasteiger partial charge in [0.25, 0.3) is 0 Å². The molecule has 0 aliphatic carbocycles. The summed E-state index contributed by atoms with van der Waals surface area (Å²) in [7, 11) is -5.88. The third-order valence-electron chi connectivity index (χ3n) is 6.12. The van der Waals surface area contributed by atoms with E-state index in [2.05, 4.69) is 0 Å². The predicted molar refractivity (Wildman–Crippen MR) is 137 cm³/mol. The summed E-state index contributed by atoms with van der Waals surface area (Å²) in [5.41, 5.74) is 1.91. The van der Waals surface area contributed by atoms with Gasteiger partial charge in [-0.15, -0.1) is 0 Å². The van der Waals surface area contributed by atoms with Crippen LogP contribution >= 0.6 is 11.6 Å². The highest BCUT2D eigenvalue weighted by Crippen LogP contribution is 2.31. The molecule has 10 heteroatoms. The predicted octanol–water partition coefficient (Wildman–Crippen LogP) is 4.23. The summed E-state index contributed by atoms with van der Waals surface area (Å²) < 4.78 is 51.7. The van der Waals surface area contributed by atoms with Crippen LogP contribution in [-0.2, 0) is 24.7 Å². The summed E-state index contributed by atoms with van der Waals surface area (Å²) in [5.74, 6) is -0.305. The van der Waals surface area contributed by atoms with Crippen molar-refractivity contribution in [3.63, 3.8) is 0 Å². The molecule has 35 heavy (non-hydrogen) atoms. The number of hydrogen-bond acceptors (Lipinski definition) is 5. The molecule has 4 rings (SSSR count). The zero-order chi connectivity index (χ0) is 25.4. The molecule has 1 saturated heterocycles. The van der Waals surface area contributed by atoms with E-state index in [1.807, 2.05) is 0 Å². The van der Waals surface area contributed by atoms with Crippen molar-refractivity contribution < 1.29 is 21.6 Å². The molecule has 1 aliphatic rings. The quantitative estimate of drug-likeness (QED) is 0.474. The Labute approximate surface area is 210 Å². The highest BCUT2D eigenvalue weighted by atomic mass is 35.5. The van der Waals surface area contributed by atoms with Crippen LogP contribution in [0.5, 0.6) is 0 Å². The fourth-order valence-corrected chi connectivity index (χ4v) is 6.62. The van der Waals surface area contributed by atoms with Gasteiger partial charge in [-0.1, -0.05) is 41.9 Å². The first-order chi connectivity index (χ1) is 16.5. The number of carbonyl (C=O) groups is 1. The minimum Gasteiger partial charge on any atom is -0.311 e. The third-order valence-corrected chi connectivity index (χ3v) is 9.40. The smallest absolute Gasteiger partial charge is 0.245 e. The van der Waals surface area contributed by atoms with E-state index in [9.17, 15) is 21.6 Å². The van der Waals surface area contributed by atoms with Crippen LogP contribution in [0.1, 0.15) is 12.8 Å². The summed E-state index contributed by atoms with van der Waals surface area (Å²) >= 11 is 5.88. The Bertz CT molecular complexity index is 1450. The maximum atomic E-state index is 13.4. The van der Waals surface area contributed by atoms with Crippen LogP contribution < -0.4 is 4.90 Å². The van der Waals surface area contributed by atoms with Gasteiger partial charge in [0.05, 0.1) is 9.79 Å². The molecular weight excluding hydrogens is 508 g/mol. The molecule has 1 atom stereocenters. The topological polar surface area (TPSA) is 91.8 Å². The van der Waals surface area contributed by atoms with Gasteiger partial charge in [0, 0.05) is 36.1 Å². The number of halogens is 1. The lowest BCUT2D eigenvalue weighted by atomic mass is 10.0. The highest BCUT2D eigenvalue weighted by molar-refractivity contribution is 7.90. The first-order valence-corrected chi connectivity index (χ1v) is 14.7. The number of hydrogen-bond donors (Lipinski definition) is 0. The number of sulfone groups is 1. The zero-order valence-corrected chi connectivity index (χ0v) is 21.6. The molecule has 1 amide bonds. The molecule has 1 unspecified atom stereocenters. The Kier molecular flexibility index (Phi) is 7.06. The minimum atomic E-state index is -3.89. The number of carbonyl (C=O) groups excluding carboxylic acids is 1. The molecule has 0 bridgehead atoms. The van der Waals surface area contributed by atoms with Gasteiger partial charge in [-0.25, -0.2) is 16.8 Å². The molecule has 0 aromatic heterocycles. The molecule has 1 heterocycles. The summed E-state index contributed by atoms with van der Waals surface area (Å²) in [5, 5.41) is 0.425. The van der Waals surface area contributed by atoms with Gasteiger partial charge >= 0.3 is 0 Å². The van der Waals surface area contributed by atoms with Crippen molar-refractivity contribution in [2.75, 3.05) is 24.7 Å². The van der Waals surface area contributed by atoms with Gasteiger partial charge in [0.15, 0.2) is 9.84 Å². The first kappa shape index (κ1) is 25.4. The summed E-state index contributed by atoms with van der Waals surface area (Å²) in [6.07, 6.45) is 2.22. The summed E-state index contributed by atoms with van der Waals surface area (Å²) in [6, 6.07) is 18.8. The van der Waals surface area contributed by atoms with E-state index in [0.29, 0.717) is 41.2 Å². The maximum absolute atomic E-state index is 13.4.